The molecule has 0 unspecified atom stereocenters. The standard InChI is InChI=1S/C21H15Cl2NO5S/c1-28-18-6-3-13(2-5-17(25)20-8-9-21(23)30-20)10-14(18)12-29-19-7-4-15(24(26)27)11-16(19)22/h2-11H,12H2,1H3/b5-2+. The average Bonchev–Trinajstić information content (AvgIpc) is 3.17. The second kappa shape index (κ2) is 9.75. The van der Waals surface area contributed by atoms with Crippen LogP contribution in [-0.4, -0.2) is 17.8 Å². The number of ketones is 1. The molecule has 2 aromatic carbocycles. The molecule has 0 aliphatic carbocycles. The summed E-state index contributed by atoms with van der Waals surface area (Å²) in [6, 6.07) is 12.8. The molecule has 0 saturated heterocycles. The number of benzene rings is 2. The fourth-order valence-electron chi connectivity index (χ4n) is 2.59. The summed E-state index contributed by atoms with van der Waals surface area (Å²) in [5, 5.41) is 11.0. The van der Waals surface area contributed by atoms with Crippen molar-refractivity contribution in [3.63, 3.8) is 0 Å². The summed E-state index contributed by atoms with van der Waals surface area (Å²) < 4.78 is 11.6. The molecular weight excluding hydrogens is 449 g/mol. The Morgan fingerprint density at radius 2 is 1.90 bits per heavy atom. The zero-order valence-electron chi connectivity index (χ0n) is 15.6. The van der Waals surface area contributed by atoms with Crippen molar-refractivity contribution in [2.24, 2.45) is 0 Å². The smallest absolute Gasteiger partial charge is 0.271 e. The zero-order valence-corrected chi connectivity index (χ0v) is 18.0. The van der Waals surface area contributed by atoms with Gasteiger partial charge in [-0.15, -0.1) is 11.3 Å². The quantitative estimate of drug-likeness (QED) is 0.166. The van der Waals surface area contributed by atoms with Crippen molar-refractivity contribution in [1.29, 1.82) is 0 Å². The van der Waals surface area contributed by atoms with Gasteiger partial charge in [0.15, 0.2) is 5.78 Å². The number of hydrogen-bond donors (Lipinski definition) is 0. The zero-order chi connectivity index (χ0) is 21.7. The number of ether oxygens (including phenoxy) is 2. The van der Waals surface area contributed by atoms with E-state index < -0.39 is 4.92 Å². The van der Waals surface area contributed by atoms with Gasteiger partial charge in [-0.2, -0.15) is 0 Å². The minimum atomic E-state index is -0.528. The van der Waals surface area contributed by atoms with Gasteiger partial charge in [0, 0.05) is 17.7 Å². The summed E-state index contributed by atoms with van der Waals surface area (Å²) >= 11 is 13.2. The first-order valence-corrected chi connectivity index (χ1v) is 10.2. The third kappa shape index (κ3) is 5.38. The minimum Gasteiger partial charge on any atom is -0.496 e. The number of carbonyl (C=O) groups is 1. The van der Waals surface area contributed by atoms with Crippen LogP contribution in [0.4, 0.5) is 5.69 Å². The van der Waals surface area contributed by atoms with E-state index in [9.17, 15) is 14.9 Å². The Bertz CT molecular complexity index is 1130. The van der Waals surface area contributed by atoms with E-state index >= 15 is 0 Å². The third-order valence-electron chi connectivity index (χ3n) is 4.06. The van der Waals surface area contributed by atoms with Crippen molar-refractivity contribution in [2.45, 2.75) is 6.61 Å². The number of allylic oxidation sites excluding steroid dienone is 1. The van der Waals surface area contributed by atoms with Crippen LogP contribution in [0.25, 0.3) is 6.08 Å². The van der Waals surface area contributed by atoms with Gasteiger partial charge in [0.2, 0.25) is 0 Å². The van der Waals surface area contributed by atoms with E-state index in [2.05, 4.69) is 0 Å². The van der Waals surface area contributed by atoms with Crippen molar-refractivity contribution in [2.75, 3.05) is 7.11 Å². The summed E-state index contributed by atoms with van der Waals surface area (Å²) in [4.78, 5) is 23.1. The van der Waals surface area contributed by atoms with Crippen molar-refractivity contribution < 1.29 is 19.2 Å². The monoisotopic (exact) mass is 463 g/mol. The van der Waals surface area contributed by atoms with Gasteiger partial charge in [-0.05, 0) is 42.0 Å². The third-order valence-corrected chi connectivity index (χ3v) is 5.60. The predicted octanol–water partition coefficient (Wildman–Crippen LogP) is 6.45. The summed E-state index contributed by atoms with van der Waals surface area (Å²) in [6.07, 6.45) is 3.17. The van der Waals surface area contributed by atoms with Crippen molar-refractivity contribution >= 4 is 52.1 Å². The molecular formula is C21H15Cl2NO5S. The van der Waals surface area contributed by atoms with Gasteiger partial charge < -0.3 is 9.47 Å². The number of halogens is 2. The van der Waals surface area contributed by atoms with Gasteiger partial charge in [0.25, 0.3) is 5.69 Å². The first kappa shape index (κ1) is 21.8. The SMILES string of the molecule is COc1ccc(/C=C/C(=O)c2ccc(Cl)s2)cc1COc1ccc([N+](=O)[O-])cc1Cl. The Morgan fingerprint density at radius 3 is 2.53 bits per heavy atom. The molecule has 1 heterocycles. The van der Waals surface area contributed by atoms with Gasteiger partial charge in [0.05, 0.1) is 26.3 Å². The van der Waals surface area contributed by atoms with Crippen LogP contribution in [0.5, 0.6) is 11.5 Å². The predicted molar refractivity (Wildman–Crippen MR) is 118 cm³/mol. The Morgan fingerprint density at radius 1 is 1.13 bits per heavy atom. The molecule has 154 valence electrons. The molecule has 0 bridgehead atoms. The average molecular weight is 464 g/mol. The lowest BCUT2D eigenvalue weighted by Gasteiger charge is -2.12. The van der Waals surface area contributed by atoms with Gasteiger partial charge in [-0.1, -0.05) is 35.3 Å². The number of rotatable bonds is 8. The number of carbonyl (C=O) groups excluding carboxylic acids is 1. The van der Waals surface area contributed by atoms with Crippen LogP contribution >= 0.6 is 34.5 Å². The van der Waals surface area contributed by atoms with Crippen LogP contribution in [0.1, 0.15) is 20.8 Å². The second-order valence-electron chi connectivity index (χ2n) is 6.03. The fraction of sp³-hybridized carbons (Fsp3) is 0.0952. The lowest BCUT2D eigenvalue weighted by molar-refractivity contribution is -0.384. The number of nitro groups is 1. The van der Waals surface area contributed by atoms with Crippen LogP contribution in [0.2, 0.25) is 9.36 Å². The largest absolute Gasteiger partial charge is 0.496 e. The normalized spacial score (nSPS) is 10.9. The number of non-ortho nitro benzene ring substituents is 1. The van der Waals surface area contributed by atoms with Gasteiger partial charge in [-0.3, -0.25) is 14.9 Å². The molecule has 9 heteroatoms. The molecule has 3 aromatic rings. The fourth-order valence-corrected chi connectivity index (χ4v) is 3.78. The lowest BCUT2D eigenvalue weighted by Crippen LogP contribution is -2.00. The molecule has 6 nitrogen and oxygen atoms in total. The number of methoxy groups -OCH3 is 1. The highest BCUT2D eigenvalue weighted by Gasteiger charge is 2.12. The highest BCUT2D eigenvalue weighted by molar-refractivity contribution is 7.18. The van der Waals surface area contributed by atoms with Crippen LogP contribution < -0.4 is 9.47 Å². The van der Waals surface area contributed by atoms with Crippen LogP contribution in [-0.2, 0) is 6.61 Å². The number of thiophene rings is 1. The molecule has 0 radical (unpaired) electrons. The van der Waals surface area contributed by atoms with Gasteiger partial charge in [0.1, 0.15) is 18.1 Å². The summed E-state index contributed by atoms with van der Waals surface area (Å²) in [7, 11) is 1.54. The van der Waals surface area contributed by atoms with E-state index in [1.165, 1.54) is 42.7 Å². The van der Waals surface area contributed by atoms with E-state index in [-0.39, 0.29) is 23.1 Å². The molecule has 30 heavy (non-hydrogen) atoms. The molecule has 0 atom stereocenters. The van der Waals surface area contributed by atoms with Crippen LogP contribution in [0.3, 0.4) is 0 Å². The number of nitro benzene ring substituents is 1. The molecule has 0 fully saturated rings. The van der Waals surface area contributed by atoms with Crippen LogP contribution in [0, 0.1) is 10.1 Å². The van der Waals surface area contributed by atoms with E-state index in [1.807, 2.05) is 12.1 Å². The van der Waals surface area contributed by atoms with Gasteiger partial charge >= 0.3 is 0 Å². The summed E-state index contributed by atoms with van der Waals surface area (Å²) in [5.41, 5.74) is 1.38. The van der Waals surface area contributed by atoms with Crippen LogP contribution in [0.15, 0.2) is 54.6 Å². The summed E-state index contributed by atoms with van der Waals surface area (Å²) in [6.45, 7) is 0.122. The second-order valence-corrected chi connectivity index (χ2v) is 8.16. The molecule has 1 aromatic heterocycles. The first-order chi connectivity index (χ1) is 14.4. The van der Waals surface area contributed by atoms with E-state index in [0.29, 0.717) is 20.7 Å². The first-order valence-electron chi connectivity index (χ1n) is 8.59. The molecule has 0 aliphatic rings. The van der Waals surface area contributed by atoms with E-state index in [1.54, 1.807) is 24.3 Å². The highest BCUT2D eigenvalue weighted by Crippen LogP contribution is 2.30. The maximum atomic E-state index is 12.2. The Kier molecular flexibility index (Phi) is 7.10. The Hall–Kier alpha value is -2.87. The van der Waals surface area contributed by atoms with E-state index in [0.717, 1.165) is 11.1 Å². The molecule has 0 aliphatic heterocycles. The summed E-state index contributed by atoms with van der Waals surface area (Å²) in [5.74, 6) is 0.773. The number of hydrogen-bond acceptors (Lipinski definition) is 6. The Balaban J connectivity index is 1.75. The van der Waals surface area contributed by atoms with Crippen molar-refractivity contribution in [3.8, 4) is 11.5 Å². The van der Waals surface area contributed by atoms with E-state index in [4.69, 9.17) is 32.7 Å². The molecule has 0 saturated carbocycles. The lowest BCUT2D eigenvalue weighted by atomic mass is 10.1. The molecule has 0 amide bonds. The maximum Gasteiger partial charge on any atom is 0.271 e. The van der Waals surface area contributed by atoms with Crippen molar-refractivity contribution in [1.82, 2.24) is 0 Å². The maximum absolute atomic E-state index is 12.2. The highest BCUT2D eigenvalue weighted by atomic mass is 35.5. The Labute approximate surface area is 186 Å². The topological polar surface area (TPSA) is 78.7 Å². The molecule has 3 rings (SSSR count). The molecule has 0 spiro atoms. The van der Waals surface area contributed by atoms with Gasteiger partial charge in [-0.25, -0.2) is 0 Å². The molecule has 0 N–H and O–H groups in total. The van der Waals surface area contributed by atoms with Crippen molar-refractivity contribution in [3.05, 3.63) is 90.1 Å². The number of nitrogens with zero attached hydrogens (tertiary/aromatic N) is 1. The minimum absolute atomic E-state index is 0.117.